The summed E-state index contributed by atoms with van der Waals surface area (Å²) in [6, 6.07) is 8.74. The third-order valence-corrected chi connectivity index (χ3v) is 4.83. The zero-order valence-electron chi connectivity index (χ0n) is 14.0. The van der Waals surface area contributed by atoms with Crippen molar-refractivity contribution in [1.82, 2.24) is 4.98 Å². The molecule has 2 amide bonds. The molecule has 3 aromatic rings. The smallest absolute Gasteiger partial charge is 0.293 e. The Morgan fingerprint density at radius 3 is 2.96 bits per heavy atom. The fourth-order valence-corrected chi connectivity index (χ4v) is 3.47. The number of nitrogens with zero attached hydrogens (tertiary/aromatic N) is 1. The van der Waals surface area contributed by atoms with Crippen molar-refractivity contribution in [2.45, 2.75) is 20.0 Å². The van der Waals surface area contributed by atoms with Crippen LogP contribution < -0.4 is 15.4 Å². The van der Waals surface area contributed by atoms with E-state index in [1.54, 1.807) is 25.1 Å². The highest BCUT2D eigenvalue weighted by Crippen LogP contribution is 2.37. The van der Waals surface area contributed by atoms with Gasteiger partial charge in [0.25, 0.3) is 11.8 Å². The average molecular weight is 369 g/mol. The molecule has 1 aliphatic rings. The maximum Gasteiger partial charge on any atom is 0.293 e. The van der Waals surface area contributed by atoms with Crippen LogP contribution in [-0.2, 0) is 4.79 Å². The number of ether oxygens (including phenoxy) is 1. The maximum absolute atomic E-state index is 12.1. The number of anilines is 2. The molecule has 1 aliphatic heterocycles. The number of carbonyl (C=O) groups excluding carboxylic acids is 2. The van der Waals surface area contributed by atoms with Gasteiger partial charge in [0.15, 0.2) is 17.0 Å². The summed E-state index contributed by atoms with van der Waals surface area (Å²) >= 11 is 1.37. The monoisotopic (exact) mass is 369 g/mol. The Hall–Kier alpha value is -3.13. The predicted molar refractivity (Wildman–Crippen MR) is 97.7 cm³/mol. The van der Waals surface area contributed by atoms with Crippen molar-refractivity contribution in [2.75, 3.05) is 10.6 Å². The van der Waals surface area contributed by atoms with Crippen LogP contribution in [0.1, 0.15) is 22.4 Å². The molecule has 2 aromatic heterocycles. The fraction of sp³-hybridized carbons (Fsp3) is 0.167. The number of thiazole rings is 1. The first kappa shape index (κ1) is 16.3. The molecule has 0 radical (unpaired) electrons. The second kappa shape index (κ2) is 6.30. The molecule has 0 bridgehead atoms. The molecular weight excluding hydrogens is 354 g/mol. The number of aryl methyl sites for hydroxylation is 1. The Morgan fingerprint density at radius 1 is 1.35 bits per heavy atom. The van der Waals surface area contributed by atoms with Gasteiger partial charge in [0.1, 0.15) is 5.75 Å². The topological polar surface area (TPSA) is 93.5 Å². The lowest BCUT2D eigenvalue weighted by Gasteiger charge is -2.23. The van der Waals surface area contributed by atoms with Crippen LogP contribution in [0.15, 0.2) is 41.0 Å². The van der Waals surface area contributed by atoms with E-state index in [0.29, 0.717) is 16.6 Å². The van der Waals surface area contributed by atoms with Gasteiger partial charge in [0.05, 0.1) is 17.6 Å². The number of hydrogen-bond acceptors (Lipinski definition) is 6. The molecule has 1 unspecified atom stereocenters. The molecule has 132 valence electrons. The molecule has 2 N–H and O–H groups in total. The number of nitrogens with one attached hydrogen (secondary N) is 2. The highest BCUT2D eigenvalue weighted by Gasteiger charge is 2.24. The molecule has 1 aromatic carbocycles. The van der Waals surface area contributed by atoms with Gasteiger partial charge in [-0.1, -0.05) is 0 Å². The van der Waals surface area contributed by atoms with Gasteiger partial charge in [0.2, 0.25) is 0 Å². The van der Waals surface area contributed by atoms with Crippen molar-refractivity contribution in [3.63, 3.8) is 0 Å². The molecule has 0 saturated carbocycles. The summed E-state index contributed by atoms with van der Waals surface area (Å²) in [5.41, 5.74) is 2.18. The summed E-state index contributed by atoms with van der Waals surface area (Å²) in [6.07, 6.45) is 0.926. The van der Waals surface area contributed by atoms with Gasteiger partial charge in [-0.15, -0.1) is 11.3 Å². The first-order valence-corrected chi connectivity index (χ1v) is 8.77. The van der Waals surface area contributed by atoms with Gasteiger partial charge >= 0.3 is 0 Å². The van der Waals surface area contributed by atoms with Crippen LogP contribution in [0.25, 0.3) is 11.3 Å². The molecule has 0 aliphatic carbocycles. The minimum Gasteiger partial charge on any atom is -0.479 e. The highest BCUT2D eigenvalue weighted by molar-refractivity contribution is 7.16. The van der Waals surface area contributed by atoms with E-state index in [1.807, 2.05) is 19.1 Å². The van der Waals surface area contributed by atoms with Gasteiger partial charge in [-0.25, -0.2) is 4.98 Å². The Balaban J connectivity index is 1.61. The number of amides is 2. The second-order valence-electron chi connectivity index (χ2n) is 5.82. The van der Waals surface area contributed by atoms with E-state index in [1.165, 1.54) is 17.6 Å². The lowest BCUT2D eigenvalue weighted by molar-refractivity contribution is -0.122. The summed E-state index contributed by atoms with van der Waals surface area (Å²) < 4.78 is 10.6. The first-order chi connectivity index (χ1) is 12.5. The largest absolute Gasteiger partial charge is 0.479 e. The van der Waals surface area contributed by atoms with E-state index in [4.69, 9.17) is 9.15 Å². The average Bonchev–Trinajstić information content (AvgIpc) is 3.25. The summed E-state index contributed by atoms with van der Waals surface area (Å²) in [5.74, 6) is 0.314. The van der Waals surface area contributed by atoms with Gasteiger partial charge in [-0.05, 0) is 44.2 Å². The fourth-order valence-electron chi connectivity index (χ4n) is 2.64. The zero-order valence-corrected chi connectivity index (χ0v) is 14.8. The summed E-state index contributed by atoms with van der Waals surface area (Å²) in [5, 5.41) is 6.03. The van der Waals surface area contributed by atoms with E-state index < -0.39 is 6.10 Å². The van der Waals surface area contributed by atoms with Crippen LogP contribution in [0.3, 0.4) is 0 Å². The van der Waals surface area contributed by atoms with Gasteiger partial charge in [0, 0.05) is 10.4 Å². The van der Waals surface area contributed by atoms with Crippen LogP contribution in [-0.4, -0.2) is 22.9 Å². The molecule has 8 heteroatoms. The van der Waals surface area contributed by atoms with Crippen molar-refractivity contribution >= 4 is 34.0 Å². The van der Waals surface area contributed by atoms with Crippen LogP contribution in [0.2, 0.25) is 0 Å². The quantitative estimate of drug-likeness (QED) is 0.734. The first-order valence-electron chi connectivity index (χ1n) is 7.95. The van der Waals surface area contributed by atoms with Crippen molar-refractivity contribution in [3.05, 3.63) is 47.2 Å². The maximum atomic E-state index is 12.1. The highest BCUT2D eigenvalue weighted by atomic mass is 32.1. The van der Waals surface area contributed by atoms with Gasteiger partial charge in [-0.3, -0.25) is 14.9 Å². The second-order valence-corrected chi connectivity index (χ2v) is 7.02. The number of hydrogen-bond donors (Lipinski definition) is 2. The molecule has 7 nitrogen and oxygen atoms in total. The Bertz CT molecular complexity index is 994. The summed E-state index contributed by atoms with van der Waals surface area (Å²) in [4.78, 5) is 29.3. The zero-order chi connectivity index (χ0) is 18.3. The molecule has 0 fully saturated rings. The van der Waals surface area contributed by atoms with E-state index in [-0.39, 0.29) is 17.6 Å². The normalized spacial score (nSPS) is 15.8. The number of benzene rings is 1. The Morgan fingerprint density at radius 2 is 2.19 bits per heavy atom. The van der Waals surface area contributed by atoms with Gasteiger partial charge < -0.3 is 14.5 Å². The lowest BCUT2D eigenvalue weighted by atomic mass is 10.1. The number of carbonyl (C=O) groups is 2. The molecule has 0 spiro atoms. The molecule has 3 heterocycles. The van der Waals surface area contributed by atoms with Crippen molar-refractivity contribution in [2.24, 2.45) is 0 Å². The molecular formula is C18H15N3O4S. The van der Waals surface area contributed by atoms with E-state index >= 15 is 0 Å². The van der Waals surface area contributed by atoms with Crippen molar-refractivity contribution in [1.29, 1.82) is 0 Å². The number of rotatable bonds is 3. The van der Waals surface area contributed by atoms with Crippen LogP contribution >= 0.6 is 11.3 Å². The minimum absolute atomic E-state index is 0.184. The van der Waals surface area contributed by atoms with E-state index in [9.17, 15) is 9.59 Å². The van der Waals surface area contributed by atoms with Crippen LogP contribution in [0, 0.1) is 6.92 Å². The van der Waals surface area contributed by atoms with Crippen LogP contribution in [0.4, 0.5) is 10.8 Å². The number of aromatic nitrogens is 1. The molecule has 1 atom stereocenters. The molecule has 4 rings (SSSR count). The van der Waals surface area contributed by atoms with E-state index in [2.05, 4.69) is 15.6 Å². The Labute approximate surface area is 153 Å². The van der Waals surface area contributed by atoms with Crippen molar-refractivity contribution < 1.29 is 18.7 Å². The molecule has 0 saturated heterocycles. The molecule has 26 heavy (non-hydrogen) atoms. The number of fused-ring (bicyclic) bond motifs is 1. The van der Waals surface area contributed by atoms with Crippen LogP contribution in [0.5, 0.6) is 5.75 Å². The summed E-state index contributed by atoms with van der Waals surface area (Å²) in [7, 11) is 0. The SMILES string of the molecule is Cc1sc(NC(=O)c2ccco2)nc1-c1ccc2c(c1)NC(=O)C(C)O2. The minimum atomic E-state index is -0.516. The lowest BCUT2D eigenvalue weighted by Crippen LogP contribution is -2.34. The third-order valence-electron chi connectivity index (χ3n) is 3.95. The van der Waals surface area contributed by atoms with Crippen molar-refractivity contribution in [3.8, 4) is 17.0 Å². The summed E-state index contributed by atoms with van der Waals surface area (Å²) in [6.45, 7) is 3.62. The Kier molecular flexibility index (Phi) is 3.96. The van der Waals surface area contributed by atoms with Gasteiger partial charge in [-0.2, -0.15) is 0 Å². The predicted octanol–water partition coefficient (Wildman–Crippen LogP) is 3.68. The van der Waals surface area contributed by atoms with E-state index in [0.717, 1.165) is 16.1 Å². The standard InChI is InChI=1S/C18H15N3O4S/c1-9-16(22)19-12-8-11(5-6-13(12)25-9)15-10(2)26-18(20-15)21-17(23)14-4-3-7-24-14/h3-9H,1-2H3,(H,19,22)(H,20,21,23). The number of furan rings is 1. The third kappa shape index (κ3) is 2.95.